The molecule has 0 aliphatic rings. The van der Waals surface area contributed by atoms with Gasteiger partial charge in [-0.15, -0.1) is 0 Å². The van der Waals surface area contributed by atoms with Gasteiger partial charge in [0, 0.05) is 25.7 Å². The number of hydrogen-bond acceptors (Lipinski definition) is 2. The number of rotatable bonds is 4. The van der Waals surface area contributed by atoms with Crippen LogP contribution in [-0.2, 0) is 13.5 Å². The molecule has 2 rings (SSSR count). The van der Waals surface area contributed by atoms with Gasteiger partial charge in [-0.1, -0.05) is 6.07 Å². The zero-order valence-electron chi connectivity index (χ0n) is 10.9. The Morgan fingerprint density at radius 2 is 2.17 bits per heavy atom. The Morgan fingerprint density at radius 1 is 1.39 bits per heavy atom. The van der Waals surface area contributed by atoms with Crippen molar-refractivity contribution in [2.75, 3.05) is 7.05 Å². The van der Waals surface area contributed by atoms with E-state index >= 15 is 0 Å². The van der Waals surface area contributed by atoms with Crippen molar-refractivity contribution in [2.24, 2.45) is 7.05 Å². The van der Waals surface area contributed by atoms with Gasteiger partial charge in [-0.2, -0.15) is 5.10 Å². The zero-order chi connectivity index (χ0) is 13.1. The molecule has 1 heterocycles. The molecule has 1 aromatic carbocycles. The van der Waals surface area contributed by atoms with E-state index in [2.05, 4.69) is 10.4 Å². The molecule has 0 aliphatic carbocycles. The van der Waals surface area contributed by atoms with Crippen molar-refractivity contribution in [1.82, 2.24) is 15.1 Å². The molecule has 0 radical (unpaired) electrons. The van der Waals surface area contributed by atoms with Crippen LogP contribution in [0.3, 0.4) is 0 Å². The SMILES string of the molecule is CNC(Cc1ccn(C)n1)c1cc(F)ccc1C. The summed E-state index contributed by atoms with van der Waals surface area (Å²) in [6.45, 7) is 2.00. The predicted molar refractivity (Wildman–Crippen MR) is 69.8 cm³/mol. The van der Waals surface area contributed by atoms with Crippen molar-refractivity contribution >= 4 is 0 Å². The molecule has 18 heavy (non-hydrogen) atoms. The largest absolute Gasteiger partial charge is 0.313 e. The Kier molecular flexibility index (Phi) is 3.77. The van der Waals surface area contributed by atoms with Crippen molar-refractivity contribution in [3.8, 4) is 0 Å². The van der Waals surface area contributed by atoms with E-state index in [1.54, 1.807) is 10.7 Å². The van der Waals surface area contributed by atoms with Crippen LogP contribution in [-0.4, -0.2) is 16.8 Å². The highest BCUT2D eigenvalue weighted by Gasteiger charge is 2.14. The summed E-state index contributed by atoms with van der Waals surface area (Å²) in [5, 5.41) is 7.59. The number of hydrogen-bond donors (Lipinski definition) is 1. The van der Waals surface area contributed by atoms with E-state index in [9.17, 15) is 4.39 Å². The molecule has 0 bridgehead atoms. The molecule has 0 fully saturated rings. The smallest absolute Gasteiger partial charge is 0.123 e. The summed E-state index contributed by atoms with van der Waals surface area (Å²) in [4.78, 5) is 0. The fraction of sp³-hybridized carbons (Fsp3) is 0.357. The lowest BCUT2D eigenvalue weighted by atomic mass is 9.97. The number of likely N-dealkylation sites (N-methyl/N-ethyl adjacent to an activating group) is 1. The first kappa shape index (κ1) is 12.8. The highest BCUT2D eigenvalue weighted by Crippen LogP contribution is 2.21. The molecule has 1 N–H and O–H groups in total. The first-order valence-corrected chi connectivity index (χ1v) is 6.02. The van der Waals surface area contributed by atoms with Crippen LogP contribution >= 0.6 is 0 Å². The molecule has 96 valence electrons. The maximum absolute atomic E-state index is 13.3. The number of aryl methyl sites for hydroxylation is 2. The van der Waals surface area contributed by atoms with E-state index in [1.165, 1.54) is 6.07 Å². The lowest BCUT2D eigenvalue weighted by Gasteiger charge is -2.18. The monoisotopic (exact) mass is 247 g/mol. The third-order valence-corrected chi connectivity index (χ3v) is 3.15. The van der Waals surface area contributed by atoms with Crippen LogP contribution in [0.4, 0.5) is 4.39 Å². The van der Waals surface area contributed by atoms with Gasteiger partial charge >= 0.3 is 0 Å². The van der Waals surface area contributed by atoms with Crippen LogP contribution in [0, 0.1) is 12.7 Å². The van der Waals surface area contributed by atoms with Gasteiger partial charge in [-0.05, 0) is 43.3 Å². The third kappa shape index (κ3) is 2.76. The van der Waals surface area contributed by atoms with Crippen molar-refractivity contribution in [3.63, 3.8) is 0 Å². The molecule has 0 aliphatic heterocycles. The number of nitrogens with zero attached hydrogens (tertiary/aromatic N) is 2. The van der Waals surface area contributed by atoms with Crippen LogP contribution in [0.25, 0.3) is 0 Å². The van der Waals surface area contributed by atoms with Crippen LogP contribution < -0.4 is 5.32 Å². The summed E-state index contributed by atoms with van der Waals surface area (Å²) < 4.78 is 15.1. The molecule has 1 unspecified atom stereocenters. The Hall–Kier alpha value is -1.68. The summed E-state index contributed by atoms with van der Waals surface area (Å²) in [6.07, 6.45) is 2.67. The van der Waals surface area contributed by atoms with Crippen molar-refractivity contribution < 1.29 is 4.39 Å². The fourth-order valence-electron chi connectivity index (χ4n) is 2.14. The molecule has 1 aromatic heterocycles. The summed E-state index contributed by atoms with van der Waals surface area (Å²) in [5.74, 6) is -0.197. The summed E-state index contributed by atoms with van der Waals surface area (Å²) in [5.41, 5.74) is 3.08. The van der Waals surface area contributed by atoms with Gasteiger partial charge in [0.05, 0.1) is 5.69 Å². The molecule has 1 atom stereocenters. The zero-order valence-corrected chi connectivity index (χ0v) is 10.9. The Bertz CT molecular complexity index is 534. The second-order valence-corrected chi connectivity index (χ2v) is 4.53. The lowest BCUT2D eigenvalue weighted by Crippen LogP contribution is -2.20. The normalized spacial score (nSPS) is 12.7. The van der Waals surface area contributed by atoms with Crippen molar-refractivity contribution in [1.29, 1.82) is 0 Å². The van der Waals surface area contributed by atoms with Crippen LogP contribution in [0.1, 0.15) is 22.9 Å². The van der Waals surface area contributed by atoms with Gasteiger partial charge < -0.3 is 5.32 Å². The second kappa shape index (κ2) is 5.31. The average Bonchev–Trinajstić information content (AvgIpc) is 2.75. The molecule has 0 amide bonds. The second-order valence-electron chi connectivity index (χ2n) is 4.53. The first-order chi connectivity index (χ1) is 8.60. The highest BCUT2D eigenvalue weighted by molar-refractivity contribution is 5.30. The standard InChI is InChI=1S/C14H18FN3/c1-10-4-5-11(15)8-13(10)14(16-2)9-12-6-7-18(3)17-12/h4-8,14,16H,9H2,1-3H3. The first-order valence-electron chi connectivity index (χ1n) is 6.02. The minimum Gasteiger partial charge on any atom is -0.313 e. The maximum atomic E-state index is 13.3. The minimum absolute atomic E-state index is 0.0793. The van der Waals surface area contributed by atoms with E-state index in [0.29, 0.717) is 0 Å². The maximum Gasteiger partial charge on any atom is 0.123 e. The van der Waals surface area contributed by atoms with Gasteiger partial charge in [0.2, 0.25) is 0 Å². The molecule has 4 heteroatoms. The van der Waals surface area contributed by atoms with Gasteiger partial charge in [-0.3, -0.25) is 4.68 Å². The van der Waals surface area contributed by atoms with E-state index in [0.717, 1.165) is 23.2 Å². The number of nitrogens with one attached hydrogen (secondary N) is 1. The Labute approximate surface area is 107 Å². The highest BCUT2D eigenvalue weighted by atomic mass is 19.1. The van der Waals surface area contributed by atoms with Crippen LogP contribution in [0.2, 0.25) is 0 Å². The number of benzene rings is 1. The van der Waals surface area contributed by atoms with Crippen LogP contribution in [0.15, 0.2) is 30.5 Å². The molecule has 0 saturated heterocycles. The topological polar surface area (TPSA) is 29.9 Å². The lowest BCUT2D eigenvalue weighted by molar-refractivity contribution is 0.563. The Morgan fingerprint density at radius 3 is 2.78 bits per heavy atom. The number of halogens is 1. The average molecular weight is 247 g/mol. The van der Waals surface area contributed by atoms with E-state index < -0.39 is 0 Å². The van der Waals surface area contributed by atoms with Gasteiger partial charge in [0.1, 0.15) is 5.82 Å². The molecule has 2 aromatic rings. The van der Waals surface area contributed by atoms with Gasteiger partial charge in [0.25, 0.3) is 0 Å². The minimum atomic E-state index is -0.197. The quantitative estimate of drug-likeness (QED) is 0.899. The molecular formula is C14H18FN3. The van der Waals surface area contributed by atoms with Crippen molar-refractivity contribution in [2.45, 2.75) is 19.4 Å². The van der Waals surface area contributed by atoms with Gasteiger partial charge in [0.15, 0.2) is 0 Å². The van der Waals surface area contributed by atoms with Crippen molar-refractivity contribution in [3.05, 3.63) is 53.1 Å². The van der Waals surface area contributed by atoms with Gasteiger partial charge in [-0.25, -0.2) is 4.39 Å². The summed E-state index contributed by atoms with van der Waals surface area (Å²) in [7, 11) is 3.78. The molecular weight excluding hydrogens is 229 g/mol. The third-order valence-electron chi connectivity index (χ3n) is 3.15. The van der Waals surface area contributed by atoms with Crippen LogP contribution in [0.5, 0.6) is 0 Å². The predicted octanol–water partition coefficient (Wildman–Crippen LogP) is 2.37. The summed E-state index contributed by atoms with van der Waals surface area (Å²) in [6, 6.07) is 6.97. The fourth-order valence-corrected chi connectivity index (χ4v) is 2.14. The van der Waals surface area contributed by atoms with E-state index in [-0.39, 0.29) is 11.9 Å². The molecule has 0 spiro atoms. The molecule has 0 saturated carbocycles. The molecule has 3 nitrogen and oxygen atoms in total. The number of aromatic nitrogens is 2. The Balaban J connectivity index is 2.25. The summed E-state index contributed by atoms with van der Waals surface area (Å²) >= 11 is 0. The van der Waals surface area contributed by atoms with E-state index in [1.807, 2.05) is 39.3 Å². The van der Waals surface area contributed by atoms with E-state index in [4.69, 9.17) is 0 Å².